The molecule has 2 aliphatic heterocycles. The average Bonchev–Trinajstić information content (AvgIpc) is 2.49. The quantitative estimate of drug-likeness (QED) is 0.541. The van der Waals surface area contributed by atoms with E-state index in [1.807, 2.05) is 6.92 Å². The molecule has 1 unspecified atom stereocenters. The molecule has 2 saturated heterocycles. The van der Waals surface area contributed by atoms with Crippen molar-refractivity contribution in [2.45, 2.75) is 36.3 Å². The number of rotatable bonds is 1. The fourth-order valence-electron chi connectivity index (χ4n) is 2.24. The molecule has 0 aliphatic carbocycles. The Morgan fingerprint density at radius 1 is 1.60 bits per heavy atom. The number of hydrogen-bond donors (Lipinski definition) is 1. The van der Waals surface area contributed by atoms with E-state index in [0.717, 1.165) is 19.3 Å². The van der Waals surface area contributed by atoms with Crippen molar-refractivity contribution in [2.24, 2.45) is 0 Å². The minimum Gasteiger partial charge on any atom is -0.633 e. The Labute approximate surface area is 94.6 Å². The lowest BCUT2D eigenvalue weighted by Gasteiger charge is -2.47. The van der Waals surface area contributed by atoms with Crippen LogP contribution in [-0.4, -0.2) is 40.8 Å². The highest BCUT2D eigenvalue weighted by Crippen LogP contribution is 2.43. The molecule has 0 saturated carbocycles. The second-order valence-electron chi connectivity index (χ2n) is 4.74. The largest absolute Gasteiger partial charge is 0.633 e. The molecule has 0 aromatic rings. The van der Waals surface area contributed by atoms with Gasteiger partial charge in [-0.15, -0.1) is 11.8 Å². The molecule has 2 rings (SSSR count). The highest BCUT2D eigenvalue weighted by Gasteiger charge is 2.47. The number of likely N-dealkylation sites (tertiary alicyclic amines) is 1. The summed E-state index contributed by atoms with van der Waals surface area (Å²) in [6.07, 6.45) is 2.49. The maximum absolute atomic E-state index is 11.7. The zero-order valence-electron chi connectivity index (χ0n) is 9.28. The highest BCUT2D eigenvalue weighted by atomic mass is 32.2. The molecule has 1 N–H and O–H groups in total. The number of nitrogens with zero attached hydrogens (tertiary/aromatic N) is 1. The summed E-state index contributed by atoms with van der Waals surface area (Å²) in [4.78, 5) is 11.5. The van der Waals surface area contributed by atoms with Crippen molar-refractivity contribution in [3.8, 4) is 0 Å². The number of carbonyl (C=O) groups is 1. The van der Waals surface area contributed by atoms with E-state index >= 15 is 0 Å². The lowest BCUT2D eigenvalue weighted by Crippen LogP contribution is -2.54. The molecule has 1 amide bonds. The van der Waals surface area contributed by atoms with Crippen LogP contribution < -0.4 is 5.32 Å². The van der Waals surface area contributed by atoms with Crippen LogP contribution in [-0.2, 0) is 4.79 Å². The molecular weight excluding hydrogens is 212 g/mol. The predicted molar refractivity (Wildman–Crippen MR) is 61.1 cm³/mol. The van der Waals surface area contributed by atoms with Gasteiger partial charge in [0, 0.05) is 12.8 Å². The van der Waals surface area contributed by atoms with Gasteiger partial charge < -0.3 is 15.2 Å². The summed E-state index contributed by atoms with van der Waals surface area (Å²) in [6.45, 7) is 3.26. The van der Waals surface area contributed by atoms with E-state index in [1.54, 1.807) is 18.8 Å². The van der Waals surface area contributed by atoms with E-state index in [2.05, 4.69) is 5.32 Å². The van der Waals surface area contributed by atoms with Crippen LogP contribution in [0, 0.1) is 5.21 Å². The molecule has 15 heavy (non-hydrogen) atoms. The average molecular weight is 230 g/mol. The first kappa shape index (κ1) is 11.2. The van der Waals surface area contributed by atoms with Crippen LogP contribution in [0.1, 0.15) is 26.2 Å². The molecular formula is C10H18N2O2S. The Bertz CT molecular complexity index is 271. The van der Waals surface area contributed by atoms with Crippen LogP contribution in [0.3, 0.4) is 0 Å². The summed E-state index contributed by atoms with van der Waals surface area (Å²) >= 11 is 1.73. The summed E-state index contributed by atoms with van der Waals surface area (Å²) in [5.41, 5.74) is 0. The maximum atomic E-state index is 11.7. The van der Waals surface area contributed by atoms with E-state index in [0.29, 0.717) is 13.1 Å². The third kappa shape index (κ3) is 2.14. The summed E-state index contributed by atoms with van der Waals surface area (Å²) in [7, 11) is 1.71. The van der Waals surface area contributed by atoms with Crippen LogP contribution in [0.25, 0.3) is 0 Å². The minimum absolute atomic E-state index is 0.0912. The molecule has 2 fully saturated rings. The van der Waals surface area contributed by atoms with Gasteiger partial charge >= 0.3 is 0 Å². The van der Waals surface area contributed by atoms with E-state index in [-0.39, 0.29) is 20.7 Å². The Kier molecular flexibility index (Phi) is 2.73. The standard InChI is InChI=1S/C10H18N2O2S/c1-3-8-9(13)11-10(15-8)4-6-12(2,14)7-5-10/h8H,3-7H2,1-2H3,(H,11,13). The second-order valence-corrected chi connectivity index (χ2v) is 6.33. The number of hydrogen-bond acceptors (Lipinski definition) is 3. The van der Waals surface area contributed by atoms with Crippen LogP contribution in [0.2, 0.25) is 0 Å². The Morgan fingerprint density at radius 3 is 2.67 bits per heavy atom. The summed E-state index contributed by atoms with van der Waals surface area (Å²) in [6, 6.07) is 0. The smallest absolute Gasteiger partial charge is 0.234 e. The molecule has 4 nitrogen and oxygen atoms in total. The van der Waals surface area contributed by atoms with Crippen molar-refractivity contribution in [1.29, 1.82) is 0 Å². The lowest BCUT2D eigenvalue weighted by molar-refractivity contribution is -0.866. The number of hydroxylamine groups is 3. The van der Waals surface area contributed by atoms with Gasteiger partial charge in [-0.1, -0.05) is 6.92 Å². The van der Waals surface area contributed by atoms with Crippen LogP contribution in [0.15, 0.2) is 0 Å². The first-order chi connectivity index (χ1) is 6.96. The van der Waals surface area contributed by atoms with Gasteiger partial charge in [0.15, 0.2) is 0 Å². The van der Waals surface area contributed by atoms with Crippen LogP contribution in [0.4, 0.5) is 0 Å². The molecule has 1 spiro atoms. The van der Waals surface area contributed by atoms with E-state index < -0.39 is 0 Å². The summed E-state index contributed by atoms with van der Waals surface area (Å²) in [5.74, 6) is 0.157. The number of carbonyl (C=O) groups excluding carboxylic acids is 1. The monoisotopic (exact) mass is 230 g/mol. The Morgan fingerprint density at radius 2 is 2.20 bits per heavy atom. The van der Waals surface area contributed by atoms with Gasteiger partial charge in [-0.05, 0) is 6.42 Å². The van der Waals surface area contributed by atoms with Crippen molar-refractivity contribution >= 4 is 17.7 Å². The minimum atomic E-state index is -0.158. The van der Waals surface area contributed by atoms with Gasteiger partial charge in [0.1, 0.15) is 0 Å². The van der Waals surface area contributed by atoms with Gasteiger partial charge in [0.25, 0.3) is 0 Å². The molecule has 0 bridgehead atoms. The third-order valence-corrected chi connectivity index (χ3v) is 5.15. The maximum Gasteiger partial charge on any atom is 0.234 e. The van der Waals surface area contributed by atoms with Crippen LogP contribution >= 0.6 is 11.8 Å². The van der Waals surface area contributed by atoms with Crippen molar-refractivity contribution in [3.63, 3.8) is 0 Å². The molecule has 86 valence electrons. The summed E-state index contributed by atoms with van der Waals surface area (Å²) < 4.78 is -0.158. The highest BCUT2D eigenvalue weighted by molar-refractivity contribution is 8.02. The van der Waals surface area contributed by atoms with Crippen molar-refractivity contribution in [3.05, 3.63) is 5.21 Å². The van der Waals surface area contributed by atoms with E-state index in [4.69, 9.17) is 0 Å². The third-order valence-electron chi connectivity index (χ3n) is 3.36. The second kappa shape index (κ2) is 3.64. The lowest BCUT2D eigenvalue weighted by atomic mass is 10.0. The number of amides is 1. The van der Waals surface area contributed by atoms with E-state index in [1.165, 1.54) is 0 Å². The first-order valence-corrected chi connectivity index (χ1v) is 6.40. The number of nitrogens with one attached hydrogen (secondary N) is 1. The van der Waals surface area contributed by atoms with Gasteiger partial charge in [-0.25, -0.2) is 0 Å². The predicted octanol–water partition coefficient (Wildman–Crippen LogP) is 1.06. The van der Waals surface area contributed by atoms with E-state index in [9.17, 15) is 10.0 Å². The van der Waals surface area contributed by atoms with Crippen molar-refractivity contribution in [2.75, 3.05) is 20.1 Å². The molecule has 0 aromatic heterocycles. The number of quaternary nitrogens is 1. The zero-order valence-corrected chi connectivity index (χ0v) is 10.1. The van der Waals surface area contributed by atoms with Gasteiger partial charge in [0.2, 0.25) is 5.91 Å². The normalized spacial score (nSPS) is 45.8. The Balaban J connectivity index is 2.03. The van der Waals surface area contributed by atoms with Gasteiger partial charge in [-0.3, -0.25) is 4.79 Å². The number of thioether (sulfide) groups is 1. The molecule has 1 atom stereocenters. The van der Waals surface area contributed by atoms with Gasteiger partial charge in [-0.2, -0.15) is 0 Å². The van der Waals surface area contributed by atoms with Crippen molar-refractivity contribution < 1.29 is 9.44 Å². The molecule has 5 heteroatoms. The molecule has 0 radical (unpaired) electrons. The van der Waals surface area contributed by atoms with Crippen molar-refractivity contribution in [1.82, 2.24) is 5.32 Å². The Hall–Kier alpha value is -0.260. The SMILES string of the molecule is CCC1SC2(CC[N+](C)([O-])CC2)NC1=O. The van der Waals surface area contributed by atoms with Crippen LogP contribution in [0.5, 0.6) is 0 Å². The molecule has 2 heterocycles. The fraction of sp³-hybridized carbons (Fsp3) is 0.900. The molecule has 2 aliphatic rings. The topological polar surface area (TPSA) is 52.2 Å². The summed E-state index contributed by atoms with van der Waals surface area (Å²) in [5, 5.41) is 14.9. The zero-order chi connectivity index (χ0) is 11.1. The fourth-order valence-corrected chi connectivity index (χ4v) is 3.70. The first-order valence-electron chi connectivity index (χ1n) is 5.52. The molecule has 0 aromatic carbocycles. The number of piperidine rings is 1. The van der Waals surface area contributed by atoms with Gasteiger partial charge in [0.05, 0.1) is 30.3 Å².